The lowest BCUT2D eigenvalue weighted by atomic mass is 10.2. The van der Waals surface area contributed by atoms with Crippen LogP contribution in [-0.2, 0) is 4.79 Å². The Balaban J connectivity index is 2.25. The van der Waals surface area contributed by atoms with Gasteiger partial charge in [0.2, 0.25) is 5.91 Å². The quantitative estimate of drug-likeness (QED) is 0.565. The Morgan fingerprint density at radius 2 is 1.62 bits per heavy atom. The van der Waals surface area contributed by atoms with Crippen LogP contribution in [0.3, 0.4) is 0 Å². The summed E-state index contributed by atoms with van der Waals surface area (Å²) in [5.41, 5.74) is 2.16. The van der Waals surface area contributed by atoms with Gasteiger partial charge in [-0.15, -0.1) is 0 Å². The highest BCUT2D eigenvalue weighted by molar-refractivity contribution is 8.13. The summed E-state index contributed by atoms with van der Waals surface area (Å²) in [6.45, 7) is 1.47. The van der Waals surface area contributed by atoms with Crippen molar-refractivity contribution < 1.29 is 14.3 Å². The number of halogens is 1. The molecule has 0 aliphatic carbocycles. The van der Waals surface area contributed by atoms with Gasteiger partial charge in [-0.3, -0.25) is 4.79 Å². The fraction of sp³-hybridized carbons (Fsp3) is 0.222. The van der Waals surface area contributed by atoms with Crippen LogP contribution < -0.4 is 20.1 Å². The molecule has 0 saturated carbocycles. The lowest BCUT2D eigenvalue weighted by Gasteiger charge is -2.12. The first-order valence-electron chi connectivity index (χ1n) is 7.65. The molecule has 2 N–H and O–H groups in total. The van der Waals surface area contributed by atoms with Crippen LogP contribution in [-0.4, -0.2) is 31.6 Å². The smallest absolute Gasteiger partial charge is 0.221 e. The summed E-state index contributed by atoms with van der Waals surface area (Å²) < 4.78 is 10.6. The molecule has 0 heterocycles. The normalized spacial score (nSPS) is 11.0. The van der Waals surface area contributed by atoms with Gasteiger partial charge in [0.15, 0.2) is 5.17 Å². The van der Waals surface area contributed by atoms with E-state index in [2.05, 4.69) is 15.6 Å². The summed E-state index contributed by atoms with van der Waals surface area (Å²) in [4.78, 5) is 15.7. The third-order valence-electron chi connectivity index (χ3n) is 3.33. The number of benzene rings is 2. The predicted molar refractivity (Wildman–Crippen MR) is 110 cm³/mol. The molecule has 0 aliphatic heterocycles. The van der Waals surface area contributed by atoms with E-state index < -0.39 is 0 Å². The Kier molecular flexibility index (Phi) is 7.17. The van der Waals surface area contributed by atoms with E-state index in [4.69, 9.17) is 21.1 Å². The number of rotatable bonds is 5. The molecule has 0 unspecified atom stereocenters. The molecular weight excluding hydrogens is 374 g/mol. The van der Waals surface area contributed by atoms with Gasteiger partial charge in [-0.05, 0) is 36.6 Å². The zero-order valence-corrected chi connectivity index (χ0v) is 16.5. The average molecular weight is 394 g/mol. The van der Waals surface area contributed by atoms with Crippen LogP contribution in [0.2, 0.25) is 5.02 Å². The molecule has 2 aromatic carbocycles. The number of anilines is 2. The number of carbonyl (C=O) groups is 1. The number of hydrogen-bond donors (Lipinski definition) is 2. The molecule has 0 bridgehead atoms. The molecule has 0 atom stereocenters. The van der Waals surface area contributed by atoms with Crippen molar-refractivity contribution in [3.8, 4) is 11.5 Å². The predicted octanol–water partition coefficient (Wildman–Crippen LogP) is 4.78. The molecule has 8 heteroatoms. The largest absolute Gasteiger partial charge is 0.495 e. The van der Waals surface area contributed by atoms with Gasteiger partial charge in [0, 0.05) is 24.4 Å². The molecule has 0 aliphatic rings. The maximum Gasteiger partial charge on any atom is 0.221 e. The standard InChI is InChI=1S/C18H20ClN3O3S/c1-11(23)20-12-5-7-13(8-6-12)21-18(26-4)22-15-9-14(19)16(24-2)10-17(15)25-3/h5-10H,1-4H3,(H,20,23)(H,21,22). The van der Waals surface area contributed by atoms with Gasteiger partial charge in [-0.2, -0.15) is 0 Å². The second kappa shape index (κ2) is 9.35. The van der Waals surface area contributed by atoms with E-state index in [0.717, 1.165) is 11.4 Å². The Morgan fingerprint density at radius 1 is 1.04 bits per heavy atom. The number of amides is 1. The Bertz CT molecular complexity index is 810. The van der Waals surface area contributed by atoms with Gasteiger partial charge in [-0.25, -0.2) is 4.99 Å². The van der Waals surface area contributed by atoms with Crippen molar-refractivity contribution in [2.24, 2.45) is 4.99 Å². The Morgan fingerprint density at radius 3 is 2.12 bits per heavy atom. The van der Waals surface area contributed by atoms with Gasteiger partial charge in [0.1, 0.15) is 17.2 Å². The van der Waals surface area contributed by atoms with Crippen LogP contribution in [0.5, 0.6) is 11.5 Å². The number of hydrogen-bond acceptors (Lipinski definition) is 5. The first kappa shape index (κ1) is 19.9. The minimum absolute atomic E-state index is 0.111. The summed E-state index contributed by atoms with van der Waals surface area (Å²) in [7, 11) is 3.11. The molecule has 2 aromatic rings. The lowest BCUT2D eigenvalue weighted by molar-refractivity contribution is -0.114. The van der Waals surface area contributed by atoms with Crippen LogP contribution in [0.4, 0.5) is 17.1 Å². The Labute approximate surface area is 161 Å². The van der Waals surface area contributed by atoms with Crippen molar-refractivity contribution in [3.63, 3.8) is 0 Å². The molecule has 138 valence electrons. The topological polar surface area (TPSA) is 72.0 Å². The van der Waals surface area contributed by atoms with Crippen molar-refractivity contribution in [2.45, 2.75) is 6.92 Å². The number of amidine groups is 1. The molecule has 0 fully saturated rings. The zero-order valence-electron chi connectivity index (χ0n) is 14.9. The highest BCUT2D eigenvalue weighted by Crippen LogP contribution is 2.38. The van der Waals surface area contributed by atoms with E-state index in [9.17, 15) is 4.79 Å². The SMILES string of the molecule is COc1cc(OC)c(N=C(Nc2ccc(NC(C)=O)cc2)SC)cc1Cl. The number of methoxy groups -OCH3 is 2. The third-order valence-corrected chi connectivity index (χ3v) is 4.20. The van der Waals surface area contributed by atoms with E-state index in [-0.39, 0.29) is 5.91 Å². The minimum atomic E-state index is -0.111. The molecule has 0 spiro atoms. The first-order valence-corrected chi connectivity index (χ1v) is 9.26. The lowest BCUT2D eigenvalue weighted by Crippen LogP contribution is -2.08. The number of carbonyl (C=O) groups excluding carboxylic acids is 1. The second-order valence-electron chi connectivity index (χ2n) is 5.16. The Hall–Kier alpha value is -2.38. The highest BCUT2D eigenvalue weighted by atomic mass is 35.5. The molecule has 26 heavy (non-hydrogen) atoms. The van der Waals surface area contributed by atoms with E-state index in [1.807, 2.05) is 30.5 Å². The summed E-state index contributed by atoms with van der Waals surface area (Å²) in [6, 6.07) is 10.7. The van der Waals surface area contributed by atoms with Gasteiger partial charge in [-0.1, -0.05) is 23.4 Å². The van der Waals surface area contributed by atoms with Crippen LogP contribution in [0.25, 0.3) is 0 Å². The van der Waals surface area contributed by atoms with Gasteiger partial charge >= 0.3 is 0 Å². The first-order chi connectivity index (χ1) is 12.5. The number of thioether (sulfide) groups is 1. The number of nitrogens with zero attached hydrogens (tertiary/aromatic N) is 1. The van der Waals surface area contributed by atoms with Gasteiger partial charge in [0.05, 0.1) is 19.2 Å². The van der Waals surface area contributed by atoms with Crippen LogP contribution >= 0.6 is 23.4 Å². The fourth-order valence-electron chi connectivity index (χ4n) is 2.13. The molecular formula is C18H20ClN3O3S. The van der Waals surface area contributed by atoms with Crippen LogP contribution in [0.1, 0.15) is 6.92 Å². The van der Waals surface area contributed by atoms with Gasteiger partial charge in [0.25, 0.3) is 0 Å². The molecule has 0 aromatic heterocycles. The minimum Gasteiger partial charge on any atom is -0.495 e. The monoisotopic (exact) mass is 393 g/mol. The van der Waals surface area contributed by atoms with E-state index >= 15 is 0 Å². The average Bonchev–Trinajstić information content (AvgIpc) is 2.62. The maximum atomic E-state index is 11.1. The molecule has 0 saturated heterocycles. The molecule has 6 nitrogen and oxygen atoms in total. The summed E-state index contributed by atoms with van der Waals surface area (Å²) in [5.74, 6) is 0.968. The van der Waals surface area contributed by atoms with Crippen molar-refractivity contribution in [2.75, 3.05) is 31.1 Å². The maximum absolute atomic E-state index is 11.1. The van der Waals surface area contributed by atoms with E-state index in [1.54, 1.807) is 26.4 Å². The number of ether oxygens (including phenoxy) is 2. The molecule has 0 radical (unpaired) electrons. The molecule has 2 rings (SSSR count). The summed E-state index contributed by atoms with van der Waals surface area (Å²) in [6.07, 6.45) is 1.91. The summed E-state index contributed by atoms with van der Waals surface area (Å²) in [5, 5.41) is 7.07. The van der Waals surface area contributed by atoms with Crippen molar-refractivity contribution >= 4 is 51.5 Å². The van der Waals surface area contributed by atoms with Crippen LogP contribution in [0, 0.1) is 0 Å². The van der Waals surface area contributed by atoms with Gasteiger partial charge < -0.3 is 20.1 Å². The second-order valence-corrected chi connectivity index (χ2v) is 6.37. The third kappa shape index (κ3) is 5.31. The van der Waals surface area contributed by atoms with E-state index in [1.165, 1.54) is 18.7 Å². The number of nitrogens with one attached hydrogen (secondary N) is 2. The van der Waals surface area contributed by atoms with Crippen molar-refractivity contribution in [1.82, 2.24) is 0 Å². The molecule has 1 amide bonds. The fourth-order valence-corrected chi connectivity index (χ4v) is 2.77. The van der Waals surface area contributed by atoms with Crippen LogP contribution in [0.15, 0.2) is 41.4 Å². The van der Waals surface area contributed by atoms with Crippen molar-refractivity contribution in [1.29, 1.82) is 0 Å². The van der Waals surface area contributed by atoms with Crippen molar-refractivity contribution in [3.05, 3.63) is 41.4 Å². The highest BCUT2D eigenvalue weighted by Gasteiger charge is 2.11. The summed E-state index contributed by atoms with van der Waals surface area (Å²) >= 11 is 7.64. The zero-order chi connectivity index (χ0) is 19.1. The number of aliphatic imine (C=N–C) groups is 1. The van der Waals surface area contributed by atoms with E-state index in [0.29, 0.717) is 27.4 Å².